The molecule has 0 N–H and O–H groups in total. The van der Waals surface area contributed by atoms with Gasteiger partial charge in [0.15, 0.2) is 0 Å². The van der Waals surface area contributed by atoms with Crippen LogP contribution in [0.1, 0.15) is 25.7 Å². The van der Waals surface area contributed by atoms with Gasteiger partial charge in [-0.1, -0.05) is 6.58 Å². The van der Waals surface area contributed by atoms with Crippen molar-refractivity contribution >= 4 is 16.6 Å². The van der Waals surface area contributed by atoms with Crippen LogP contribution in [0.2, 0.25) is 39.3 Å². The molecule has 0 amide bonds. The second-order valence-electron chi connectivity index (χ2n) is 6.96. The van der Waals surface area contributed by atoms with E-state index in [0.29, 0.717) is 0 Å². The summed E-state index contributed by atoms with van der Waals surface area (Å²) in [6, 6.07) is 0. The van der Waals surface area contributed by atoms with E-state index in [-0.39, 0.29) is 0 Å². The fourth-order valence-corrected chi connectivity index (χ4v) is 3.91. The first kappa shape index (κ1) is 15.6. The third-order valence-electron chi connectivity index (χ3n) is 2.61. The van der Waals surface area contributed by atoms with Crippen molar-refractivity contribution in [2.24, 2.45) is 0 Å². The summed E-state index contributed by atoms with van der Waals surface area (Å²) < 4.78 is 12.3. The van der Waals surface area contributed by atoms with E-state index in [0.717, 1.165) is 24.4 Å². The zero-order valence-corrected chi connectivity index (χ0v) is 14.9. The molecule has 18 heavy (non-hydrogen) atoms. The molecule has 0 atom stereocenters. The van der Waals surface area contributed by atoms with Crippen LogP contribution >= 0.6 is 0 Å². The minimum atomic E-state index is -1.57. The second-order valence-corrected chi connectivity index (χ2v) is 15.8. The van der Waals surface area contributed by atoms with Crippen LogP contribution in [0.4, 0.5) is 0 Å². The summed E-state index contributed by atoms with van der Waals surface area (Å²) in [5.74, 6) is 2.02. The molecule has 0 fully saturated rings. The van der Waals surface area contributed by atoms with Crippen LogP contribution in [0.5, 0.6) is 0 Å². The molecule has 0 aromatic carbocycles. The van der Waals surface area contributed by atoms with Crippen molar-refractivity contribution in [2.45, 2.75) is 65.0 Å². The zero-order chi connectivity index (χ0) is 14.0. The van der Waals surface area contributed by atoms with Crippen LogP contribution in [0.3, 0.4) is 0 Å². The summed E-state index contributed by atoms with van der Waals surface area (Å²) in [6.07, 6.45) is 4.56. The first-order valence-corrected chi connectivity index (χ1v) is 13.7. The summed E-state index contributed by atoms with van der Waals surface area (Å²) in [6.45, 7) is 17.4. The average molecular weight is 285 g/mol. The van der Waals surface area contributed by atoms with Crippen molar-refractivity contribution in [1.82, 2.24) is 0 Å². The van der Waals surface area contributed by atoms with E-state index in [1.54, 1.807) is 0 Å². The van der Waals surface area contributed by atoms with E-state index in [1.165, 1.54) is 18.4 Å². The number of rotatable bonds is 5. The Balaban J connectivity index is 2.88. The Labute approximate surface area is 114 Å². The molecule has 2 nitrogen and oxygen atoms in total. The average Bonchev–Trinajstić information content (AvgIpc) is 2.12. The standard InChI is InChI=1S/C14H28O2Si2/c1-12(15-17(2,3)4)13-10-8-9-11-14(13)16-18(5,6)7/h1,8-11H2,2-7H3. The Morgan fingerprint density at radius 3 is 2.00 bits per heavy atom. The molecule has 1 rings (SSSR count). The Morgan fingerprint density at radius 2 is 1.50 bits per heavy atom. The lowest BCUT2D eigenvalue weighted by Gasteiger charge is -2.30. The van der Waals surface area contributed by atoms with E-state index in [1.807, 2.05) is 0 Å². The van der Waals surface area contributed by atoms with Gasteiger partial charge in [0, 0.05) is 12.0 Å². The normalized spacial score (nSPS) is 17.7. The van der Waals surface area contributed by atoms with Crippen LogP contribution in [-0.2, 0) is 8.85 Å². The van der Waals surface area contributed by atoms with E-state index in [9.17, 15) is 0 Å². The first-order valence-electron chi connectivity index (χ1n) is 6.88. The van der Waals surface area contributed by atoms with Crippen LogP contribution in [0, 0.1) is 0 Å². The fourth-order valence-electron chi connectivity index (χ4n) is 2.09. The topological polar surface area (TPSA) is 18.5 Å². The number of hydrogen-bond donors (Lipinski definition) is 0. The lowest BCUT2D eigenvalue weighted by atomic mass is 9.97. The van der Waals surface area contributed by atoms with Gasteiger partial charge in [-0.15, -0.1) is 0 Å². The van der Waals surface area contributed by atoms with Gasteiger partial charge >= 0.3 is 0 Å². The van der Waals surface area contributed by atoms with Gasteiger partial charge in [-0.3, -0.25) is 0 Å². The predicted octanol–water partition coefficient (Wildman–Crippen LogP) is 5.03. The highest BCUT2D eigenvalue weighted by atomic mass is 28.4. The van der Waals surface area contributed by atoms with Crippen molar-refractivity contribution in [3.05, 3.63) is 23.7 Å². The second kappa shape index (κ2) is 5.65. The Morgan fingerprint density at radius 1 is 0.944 bits per heavy atom. The highest BCUT2D eigenvalue weighted by Crippen LogP contribution is 2.33. The van der Waals surface area contributed by atoms with Gasteiger partial charge in [-0.2, -0.15) is 0 Å². The molecule has 0 aromatic rings. The van der Waals surface area contributed by atoms with Gasteiger partial charge in [-0.05, 0) is 58.5 Å². The molecule has 0 heterocycles. The third kappa shape index (κ3) is 5.44. The molecule has 0 aromatic heterocycles. The summed E-state index contributed by atoms with van der Waals surface area (Å²) in [5, 5.41) is 0. The minimum absolute atomic E-state index is 0.863. The van der Waals surface area contributed by atoms with E-state index < -0.39 is 16.6 Å². The number of hydrogen-bond acceptors (Lipinski definition) is 2. The van der Waals surface area contributed by atoms with E-state index in [4.69, 9.17) is 8.85 Å². The fraction of sp³-hybridized carbons (Fsp3) is 0.714. The molecule has 1 aliphatic carbocycles. The lowest BCUT2D eigenvalue weighted by molar-refractivity contribution is 0.353. The van der Waals surface area contributed by atoms with Crippen LogP contribution in [-0.4, -0.2) is 16.6 Å². The van der Waals surface area contributed by atoms with Crippen molar-refractivity contribution in [3.8, 4) is 0 Å². The Kier molecular flexibility index (Phi) is 4.89. The highest BCUT2D eigenvalue weighted by Gasteiger charge is 2.26. The lowest BCUT2D eigenvalue weighted by Crippen LogP contribution is -2.28. The van der Waals surface area contributed by atoms with Crippen LogP contribution in [0.25, 0.3) is 0 Å². The van der Waals surface area contributed by atoms with Crippen LogP contribution < -0.4 is 0 Å². The Bertz CT molecular complexity index is 346. The van der Waals surface area contributed by atoms with Crippen molar-refractivity contribution in [2.75, 3.05) is 0 Å². The van der Waals surface area contributed by atoms with E-state index >= 15 is 0 Å². The largest absolute Gasteiger partial charge is 0.547 e. The van der Waals surface area contributed by atoms with Gasteiger partial charge in [0.1, 0.15) is 5.76 Å². The maximum absolute atomic E-state index is 6.22. The molecular weight excluding hydrogens is 256 g/mol. The summed E-state index contributed by atoms with van der Waals surface area (Å²) in [7, 11) is -3.10. The monoisotopic (exact) mass is 284 g/mol. The van der Waals surface area contributed by atoms with E-state index in [2.05, 4.69) is 45.9 Å². The minimum Gasteiger partial charge on any atom is -0.547 e. The molecule has 0 spiro atoms. The maximum Gasteiger partial charge on any atom is 0.242 e. The van der Waals surface area contributed by atoms with Crippen LogP contribution in [0.15, 0.2) is 23.7 Å². The van der Waals surface area contributed by atoms with Gasteiger partial charge in [0.05, 0.1) is 5.76 Å². The SMILES string of the molecule is C=C(O[Si](C)(C)C)C1=C(O[Si](C)(C)C)CCCC1. The summed E-state index contributed by atoms with van der Waals surface area (Å²) >= 11 is 0. The van der Waals surface area contributed by atoms with Gasteiger partial charge in [-0.25, -0.2) is 0 Å². The molecule has 0 aliphatic heterocycles. The molecule has 1 aliphatic rings. The molecule has 0 radical (unpaired) electrons. The number of allylic oxidation sites excluding steroid dienone is 2. The zero-order valence-electron chi connectivity index (χ0n) is 12.9. The van der Waals surface area contributed by atoms with Gasteiger partial charge in [0.2, 0.25) is 16.6 Å². The molecule has 4 heteroatoms. The molecule has 0 unspecified atom stereocenters. The van der Waals surface area contributed by atoms with Crippen molar-refractivity contribution in [1.29, 1.82) is 0 Å². The Hall–Kier alpha value is -0.486. The van der Waals surface area contributed by atoms with Gasteiger partial charge < -0.3 is 8.85 Å². The van der Waals surface area contributed by atoms with Crippen molar-refractivity contribution < 1.29 is 8.85 Å². The highest BCUT2D eigenvalue weighted by molar-refractivity contribution is 6.70. The molecule has 104 valence electrons. The third-order valence-corrected chi connectivity index (χ3v) is 4.33. The summed E-state index contributed by atoms with van der Waals surface area (Å²) in [4.78, 5) is 0. The molecule has 0 bridgehead atoms. The van der Waals surface area contributed by atoms with Gasteiger partial charge in [0.25, 0.3) is 0 Å². The molecular formula is C14H28O2Si2. The molecule has 0 saturated heterocycles. The first-order chi connectivity index (χ1) is 8.08. The smallest absolute Gasteiger partial charge is 0.242 e. The maximum atomic E-state index is 6.22. The van der Waals surface area contributed by atoms with Crippen molar-refractivity contribution in [3.63, 3.8) is 0 Å². The predicted molar refractivity (Wildman–Crippen MR) is 83.5 cm³/mol. The summed E-state index contributed by atoms with van der Waals surface area (Å²) in [5.41, 5.74) is 1.24. The quantitative estimate of drug-likeness (QED) is 0.520. The molecule has 0 saturated carbocycles.